The predicted molar refractivity (Wildman–Crippen MR) is 141 cm³/mol. The van der Waals surface area contributed by atoms with Crippen molar-refractivity contribution in [2.24, 2.45) is 0 Å². The average molecular weight is 504 g/mol. The second-order valence-electron chi connectivity index (χ2n) is 9.52. The number of anilines is 3. The number of nitrogens with zero attached hydrogens (tertiary/aromatic N) is 6. The van der Waals surface area contributed by atoms with E-state index in [-0.39, 0.29) is 12.7 Å². The van der Waals surface area contributed by atoms with Crippen molar-refractivity contribution in [2.75, 3.05) is 57.3 Å². The third-order valence-corrected chi connectivity index (χ3v) is 7.16. The van der Waals surface area contributed by atoms with Crippen molar-refractivity contribution in [3.8, 4) is 22.9 Å². The Hall–Kier alpha value is -3.92. The number of aromatic nitrogens is 4. The number of ether oxygens (including phenoxy) is 2. The monoisotopic (exact) mass is 503 g/mol. The summed E-state index contributed by atoms with van der Waals surface area (Å²) < 4.78 is 26.9. The van der Waals surface area contributed by atoms with Gasteiger partial charge in [0.15, 0.2) is 11.5 Å². The summed E-state index contributed by atoms with van der Waals surface area (Å²) in [5.74, 6) is 2.06. The van der Waals surface area contributed by atoms with Crippen LogP contribution in [0.25, 0.3) is 16.9 Å². The number of hydrogen-bond donors (Lipinski definition) is 1. The van der Waals surface area contributed by atoms with Gasteiger partial charge in [-0.05, 0) is 38.1 Å². The number of methoxy groups -OCH3 is 1. The van der Waals surface area contributed by atoms with Gasteiger partial charge < -0.3 is 24.1 Å². The first kappa shape index (κ1) is 23.5. The highest BCUT2D eigenvalue weighted by molar-refractivity contribution is 5.76. The largest absolute Gasteiger partial charge is 0.495 e. The molecule has 0 unspecified atom stereocenters. The minimum atomic E-state index is -0.371. The molecule has 5 heterocycles. The molecule has 2 aliphatic heterocycles. The van der Waals surface area contributed by atoms with Gasteiger partial charge in [-0.3, -0.25) is 4.90 Å². The molecule has 1 atom stereocenters. The standard InChI is InChI=1S/C27H30FN7O2/c1-33-9-10-34(16-21(33)14-28)23-6-5-20(13-24(23)36-2)31-25-26-29-7-8-35(26)17-22(32-25)19-12-18-4-3-11-37-27(18)30-15-19/h5-8,12-13,15,17,21H,3-4,9-11,14,16H2,1-2H3,(H,31,32)/t21-/m0/s1. The van der Waals surface area contributed by atoms with E-state index in [1.807, 2.05) is 42.0 Å². The lowest BCUT2D eigenvalue weighted by Crippen LogP contribution is -2.52. The number of benzene rings is 1. The highest BCUT2D eigenvalue weighted by Gasteiger charge is 2.26. The second kappa shape index (κ2) is 9.85. The lowest BCUT2D eigenvalue weighted by atomic mass is 10.1. The Labute approximate surface area is 214 Å². The number of alkyl halides is 1. The van der Waals surface area contributed by atoms with Crippen LogP contribution >= 0.6 is 0 Å². The zero-order valence-corrected chi connectivity index (χ0v) is 21.0. The molecule has 3 aromatic heterocycles. The maximum Gasteiger partial charge on any atom is 0.216 e. The van der Waals surface area contributed by atoms with Crippen molar-refractivity contribution in [1.82, 2.24) is 24.3 Å². The van der Waals surface area contributed by atoms with Gasteiger partial charge in [-0.15, -0.1) is 0 Å². The normalized spacial score (nSPS) is 17.9. The van der Waals surface area contributed by atoms with Crippen molar-refractivity contribution in [2.45, 2.75) is 18.9 Å². The van der Waals surface area contributed by atoms with Crippen LogP contribution in [-0.2, 0) is 6.42 Å². The highest BCUT2D eigenvalue weighted by Crippen LogP contribution is 2.35. The molecule has 37 heavy (non-hydrogen) atoms. The third kappa shape index (κ3) is 4.53. The number of hydrogen-bond acceptors (Lipinski definition) is 8. The molecule has 0 radical (unpaired) electrons. The topological polar surface area (TPSA) is 80.0 Å². The number of pyridine rings is 1. The van der Waals surface area contributed by atoms with Crippen molar-refractivity contribution in [1.29, 1.82) is 0 Å². The summed E-state index contributed by atoms with van der Waals surface area (Å²) in [6, 6.07) is 7.94. The molecule has 0 aliphatic carbocycles. The Morgan fingerprint density at radius 2 is 2.14 bits per heavy atom. The number of rotatable bonds is 6. The predicted octanol–water partition coefficient (Wildman–Crippen LogP) is 3.96. The summed E-state index contributed by atoms with van der Waals surface area (Å²) in [7, 11) is 3.63. The van der Waals surface area contributed by atoms with Crippen molar-refractivity contribution < 1.29 is 13.9 Å². The van der Waals surface area contributed by atoms with Gasteiger partial charge in [0.05, 0.1) is 31.1 Å². The van der Waals surface area contributed by atoms with Crippen LogP contribution in [0.2, 0.25) is 0 Å². The lowest BCUT2D eigenvalue weighted by Gasteiger charge is -2.39. The van der Waals surface area contributed by atoms with Crippen LogP contribution in [0.5, 0.6) is 11.6 Å². The minimum Gasteiger partial charge on any atom is -0.495 e. The van der Waals surface area contributed by atoms with Crippen LogP contribution in [0.15, 0.2) is 49.1 Å². The third-order valence-electron chi connectivity index (χ3n) is 7.16. The van der Waals surface area contributed by atoms with E-state index >= 15 is 0 Å². The molecular weight excluding hydrogens is 473 g/mol. The first-order valence-electron chi connectivity index (χ1n) is 12.5. The molecule has 10 heteroatoms. The Morgan fingerprint density at radius 1 is 1.22 bits per heavy atom. The number of imidazole rings is 1. The van der Waals surface area contributed by atoms with E-state index in [4.69, 9.17) is 14.5 Å². The quantitative estimate of drug-likeness (QED) is 0.424. The summed E-state index contributed by atoms with van der Waals surface area (Å²) >= 11 is 0. The first-order chi connectivity index (χ1) is 18.1. The molecule has 4 aromatic rings. The fourth-order valence-corrected chi connectivity index (χ4v) is 5.02. The van der Waals surface area contributed by atoms with Gasteiger partial charge in [0.1, 0.15) is 12.4 Å². The Kier molecular flexibility index (Phi) is 6.25. The van der Waals surface area contributed by atoms with E-state index in [0.29, 0.717) is 30.5 Å². The van der Waals surface area contributed by atoms with Gasteiger partial charge in [-0.25, -0.2) is 19.3 Å². The van der Waals surface area contributed by atoms with Crippen LogP contribution in [0, 0.1) is 0 Å². The fourth-order valence-electron chi connectivity index (χ4n) is 5.02. The number of likely N-dealkylation sites (N-methyl/N-ethyl adjacent to an activating group) is 1. The summed E-state index contributed by atoms with van der Waals surface area (Å²) in [6.45, 7) is 2.57. The molecule has 0 amide bonds. The molecule has 2 aliphatic rings. The summed E-state index contributed by atoms with van der Waals surface area (Å²) in [4.78, 5) is 18.2. The van der Waals surface area contributed by atoms with E-state index in [1.54, 1.807) is 19.5 Å². The molecule has 0 spiro atoms. The number of fused-ring (bicyclic) bond motifs is 2. The van der Waals surface area contributed by atoms with Crippen LogP contribution in [0.1, 0.15) is 12.0 Å². The molecule has 6 rings (SSSR count). The van der Waals surface area contributed by atoms with Crippen LogP contribution < -0.4 is 19.7 Å². The highest BCUT2D eigenvalue weighted by atomic mass is 19.1. The summed E-state index contributed by atoms with van der Waals surface area (Å²) in [5.41, 5.74) is 5.30. The molecule has 1 fully saturated rings. The lowest BCUT2D eigenvalue weighted by molar-refractivity contribution is 0.183. The number of halogens is 1. The fraction of sp³-hybridized carbons (Fsp3) is 0.370. The average Bonchev–Trinajstić information content (AvgIpc) is 3.42. The maximum atomic E-state index is 13.5. The van der Waals surface area contributed by atoms with Gasteiger partial charge in [0.25, 0.3) is 0 Å². The first-order valence-corrected chi connectivity index (χ1v) is 12.5. The second-order valence-corrected chi connectivity index (χ2v) is 9.52. The number of nitrogens with one attached hydrogen (secondary N) is 1. The van der Waals surface area contributed by atoms with Gasteiger partial charge in [0, 0.05) is 67.3 Å². The smallest absolute Gasteiger partial charge is 0.216 e. The van der Waals surface area contributed by atoms with Crippen LogP contribution in [0.4, 0.5) is 21.6 Å². The molecule has 0 bridgehead atoms. The molecule has 1 saturated heterocycles. The number of aryl methyl sites for hydroxylation is 1. The van der Waals surface area contributed by atoms with E-state index in [2.05, 4.69) is 31.2 Å². The van der Waals surface area contributed by atoms with Gasteiger partial charge in [0.2, 0.25) is 5.88 Å². The van der Waals surface area contributed by atoms with E-state index in [9.17, 15) is 4.39 Å². The summed E-state index contributed by atoms with van der Waals surface area (Å²) in [6.07, 6.45) is 9.35. The maximum absolute atomic E-state index is 13.5. The van der Waals surface area contributed by atoms with Crippen LogP contribution in [0.3, 0.4) is 0 Å². The Morgan fingerprint density at radius 3 is 3.00 bits per heavy atom. The zero-order valence-electron chi connectivity index (χ0n) is 21.0. The van der Waals surface area contributed by atoms with Crippen LogP contribution in [-0.4, -0.2) is 77.4 Å². The van der Waals surface area contributed by atoms with Gasteiger partial charge in [-0.1, -0.05) is 0 Å². The van der Waals surface area contributed by atoms with E-state index in [0.717, 1.165) is 59.9 Å². The van der Waals surface area contributed by atoms with Crippen molar-refractivity contribution >= 4 is 22.8 Å². The molecule has 1 aromatic carbocycles. The van der Waals surface area contributed by atoms with Crippen molar-refractivity contribution in [3.05, 3.63) is 54.6 Å². The van der Waals surface area contributed by atoms with Gasteiger partial charge >= 0.3 is 0 Å². The minimum absolute atomic E-state index is 0.124. The molecule has 1 N–H and O–H groups in total. The SMILES string of the molecule is COc1cc(Nc2nc(-c3cnc4c(c3)CCCO4)cn3ccnc23)ccc1N1CCN(C)[C@@H](CF)C1. The molecule has 192 valence electrons. The molecule has 0 saturated carbocycles. The van der Waals surface area contributed by atoms with E-state index < -0.39 is 0 Å². The Balaban J connectivity index is 1.31. The zero-order chi connectivity index (χ0) is 25.4. The molecular formula is C27H30FN7O2. The number of piperazine rings is 1. The van der Waals surface area contributed by atoms with Crippen molar-refractivity contribution in [3.63, 3.8) is 0 Å². The molecule has 9 nitrogen and oxygen atoms in total. The summed E-state index contributed by atoms with van der Waals surface area (Å²) in [5, 5.41) is 3.43. The van der Waals surface area contributed by atoms with Gasteiger partial charge in [-0.2, -0.15) is 0 Å². The van der Waals surface area contributed by atoms with E-state index in [1.165, 1.54) is 0 Å². The Bertz CT molecular complexity index is 1430.